The van der Waals surface area contributed by atoms with Crippen LogP contribution < -0.4 is 5.32 Å². The summed E-state index contributed by atoms with van der Waals surface area (Å²) in [5.74, 6) is 0.0815. The average Bonchev–Trinajstić information content (AvgIpc) is 3.19. The predicted molar refractivity (Wildman–Crippen MR) is 106 cm³/mol. The van der Waals surface area contributed by atoms with Crippen LogP contribution in [0.1, 0.15) is 15.9 Å². The van der Waals surface area contributed by atoms with Crippen LogP contribution in [0.4, 0.5) is 5.82 Å². The first-order valence-corrected chi connectivity index (χ1v) is 8.64. The van der Waals surface area contributed by atoms with Gasteiger partial charge in [-0.15, -0.1) is 15.0 Å². The third-order valence-electron chi connectivity index (χ3n) is 4.14. The highest BCUT2D eigenvalue weighted by Gasteiger charge is 2.17. The van der Waals surface area contributed by atoms with Crippen molar-refractivity contribution in [2.24, 2.45) is 0 Å². The van der Waals surface area contributed by atoms with E-state index >= 15 is 0 Å². The Kier molecular flexibility index (Phi) is 4.64. The van der Waals surface area contributed by atoms with Gasteiger partial charge < -0.3 is 5.32 Å². The third kappa shape index (κ3) is 3.50. The molecule has 0 aliphatic rings. The molecule has 0 aliphatic heterocycles. The molecule has 134 valence electrons. The van der Waals surface area contributed by atoms with Crippen molar-refractivity contribution >= 4 is 11.7 Å². The lowest BCUT2D eigenvalue weighted by atomic mass is 10.1. The number of carbonyl (C=O) groups is 1. The fraction of sp³-hybridized carbons (Fsp3) is 0. The molecule has 4 aromatic rings. The lowest BCUT2D eigenvalue weighted by Crippen LogP contribution is -2.13. The number of hydrogen-bond donors (Lipinski definition) is 1. The van der Waals surface area contributed by atoms with E-state index in [4.69, 9.17) is 5.26 Å². The monoisotopic (exact) mass is 365 g/mol. The quantitative estimate of drug-likeness (QED) is 0.591. The number of aromatic nitrogens is 3. The van der Waals surface area contributed by atoms with Gasteiger partial charge >= 0.3 is 0 Å². The molecule has 1 aromatic heterocycles. The highest BCUT2D eigenvalue weighted by molar-refractivity contribution is 6.05. The number of carbonyl (C=O) groups excluding carboxylic acids is 1. The maximum Gasteiger partial charge on any atom is 0.256 e. The first kappa shape index (κ1) is 17.2. The SMILES string of the molecule is N#Cc1cccc(-n2nc(NC(=O)c3ccccc3)c(-c3ccccc3)n2)c1. The number of anilines is 1. The highest BCUT2D eigenvalue weighted by Crippen LogP contribution is 2.26. The summed E-state index contributed by atoms with van der Waals surface area (Å²) in [5, 5.41) is 21.0. The van der Waals surface area contributed by atoms with Crippen LogP contribution in [0, 0.1) is 11.3 Å². The van der Waals surface area contributed by atoms with Gasteiger partial charge in [-0.1, -0.05) is 54.6 Å². The van der Waals surface area contributed by atoms with Crippen molar-refractivity contribution in [3.63, 3.8) is 0 Å². The van der Waals surface area contributed by atoms with Crippen LogP contribution in [0.3, 0.4) is 0 Å². The minimum Gasteiger partial charge on any atom is -0.303 e. The first-order chi connectivity index (χ1) is 13.7. The normalized spacial score (nSPS) is 10.2. The number of rotatable bonds is 4. The second-order valence-corrected chi connectivity index (χ2v) is 6.03. The van der Waals surface area contributed by atoms with Crippen molar-refractivity contribution in [3.05, 3.63) is 96.1 Å². The Bertz CT molecular complexity index is 1160. The maximum absolute atomic E-state index is 12.6. The third-order valence-corrected chi connectivity index (χ3v) is 4.14. The number of hydrogen-bond acceptors (Lipinski definition) is 4. The van der Waals surface area contributed by atoms with Gasteiger partial charge in [0, 0.05) is 11.1 Å². The first-order valence-electron chi connectivity index (χ1n) is 8.64. The van der Waals surface area contributed by atoms with Gasteiger partial charge in [0.25, 0.3) is 5.91 Å². The molecular weight excluding hydrogens is 350 g/mol. The maximum atomic E-state index is 12.6. The van der Waals surface area contributed by atoms with E-state index in [1.165, 1.54) is 4.80 Å². The van der Waals surface area contributed by atoms with Gasteiger partial charge in [0.15, 0.2) is 5.82 Å². The minimum atomic E-state index is -0.268. The molecular formula is C22H15N5O. The molecule has 3 aromatic carbocycles. The molecule has 1 N–H and O–H groups in total. The van der Waals surface area contributed by atoms with Gasteiger partial charge in [-0.3, -0.25) is 4.79 Å². The van der Waals surface area contributed by atoms with Gasteiger partial charge in [-0.25, -0.2) is 0 Å². The second-order valence-electron chi connectivity index (χ2n) is 6.03. The smallest absolute Gasteiger partial charge is 0.256 e. The van der Waals surface area contributed by atoms with Crippen LogP contribution in [0.2, 0.25) is 0 Å². The van der Waals surface area contributed by atoms with E-state index in [0.29, 0.717) is 28.3 Å². The van der Waals surface area contributed by atoms with E-state index in [2.05, 4.69) is 21.6 Å². The second kappa shape index (κ2) is 7.56. The molecule has 6 nitrogen and oxygen atoms in total. The van der Waals surface area contributed by atoms with Gasteiger partial charge in [0.2, 0.25) is 0 Å². The zero-order chi connectivity index (χ0) is 19.3. The number of nitrogens with one attached hydrogen (secondary N) is 1. The van der Waals surface area contributed by atoms with E-state index in [1.54, 1.807) is 48.5 Å². The van der Waals surface area contributed by atoms with Crippen LogP contribution in [0.5, 0.6) is 0 Å². The van der Waals surface area contributed by atoms with Crippen LogP contribution in [-0.2, 0) is 0 Å². The molecule has 0 radical (unpaired) electrons. The predicted octanol–water partition coefficient (Wildman–Crippen LogP) is 4.06. The van der Waals surface area contributed by atoms with Gasteiger partial charge in [-0.05, 0) is 30.3 Å². The number of benzene rings is 3. The lowest BCUT2D eigenvalue weighted by Gasteiger charge is -2.04. The fourth-order valence-corrected chi connectivity index (χ4v) is 2.77. The van der Waals surface area contributed by atoms with Crippen LogP contribution >= 0.6 is 0 Å². The lowest BCUT2D eigenvalue weighted by molar-refractivity contribution is 0.102. The summed E-state index contributed by atoms with van der Waals surface area (Å²) in [4.78, 5) is 14.0. The molecule has 0 fully saturated rings. The van der Waals surface area contributed by atoms with Gasteiger partial charge in [0.05, 0.1) is 17.3 Å². The Morgan fingerprint density at radius 1 is 0.893 bits per heavy atom. The molecule has 0 bridgehead atoms. The van der Waals surface area contributed by atoms with E-state index in [0.717, 1.165) is 5.56 Å². The minimum absolute atomic E-state index is 0.268. The standard InChI is InChI=1S/C22H15N5O/c23-15-16-8-7-13-19(14-16)27-25-20(17-9-3-1-4-10-17)21(26-27)24-22(28)18-11-5-2-6-12-18/h1-14H,(H,24,26,28). The average molecular weight is 365 g/mol. The van der Waals surface area contributed by atoms with Crippen LogP contribution in [0.15, 0.2) is 84.9 Å². The summed E-state index contributed by atoms with van der Waals surface area (Å²) in [7, 11) is 0. The topological polar surface area (TPSA) is 83.6 Å². The number of nitrogens with zero attached hydrogens (tertiary/aromatic N) is 4. The Morgan fingerprint density at radius 3 is 2.32 bits per heavy atom. The van der Waals surface area contributed by atoms with Crippen LogP contribution in [0.25, 0.3) is 16.9 Å². The van der Waals surface area contributed by atoms with Crippen molar-refractivity contribution in [1.82, 2.24) is 15.0 Å². The Morgan fingerprint density at radius 2 is 1.61 bits per heavy atom. The van der Waals surface area contributed by atoms with E-state index in [-0.39, 0.29) is 5.91 Å². The molecule has 0 saturated carbocycles. The van der Waals surface area contributed by atoms with Crippen molar-refractivity contribution in [2.75, 3.05) is 5.32 Å². The summed E-state index contributed by atoms with van der Waals surface area (Å²) < 4.78 is 0. The fourth-order valence-electron chi connectivity index (χ4n) is 2.77. The number of nitriles is 1. The van der Waals surface area contributed by atoms with Crippen molar-refractivity contribution in [1.29, 1.82) is 5.26 Å². The van der Waals surface area contributed by atoms with Gasteiger partial charge in [0.1, 0.15) is 5.69 Å². The van der Waals surface area contributed by atoms with Crippen LogP contribution in [-0.4, -0.2) is 20.9 Å². The van der Waals surface area contributed by atoms with E-state index < -0.39 is 0 Å². The largest absolute Gasteiger partial charge is 0.303 e. The zero-order valence-electron chi connectivity index (χ0n) is 14.8. The van der Waals surface area contributed by atoms with E-state index in [1.807, 2.05) is 36.4 Å². The van der Waals surface area contributed by atoms with Gasteiger partial charge in [-0.2, -0.15) is 5.26 Å². The Hall–Kier alpha value is -4.24. The molecule has 0 unspecified atom stereocenters. The van der Waals surface area contributed by atoms with E-state index in [9.17, 15) is 4.79 Å². The molecule has 0 saturated heterocycles. The molecule has 1 amide bonds. The Labute approximate surface area is 161 Å². The van der Waals surface area contributed by atoms with Crippen molar-refractivity contribution < 1.29 is 4.79 Å². The molecule has 0 spiro atoms. The summed E-state index contributed by atoms with van der Waals surface area (Å²) in [6.45, 7) is 0. The summed E-state index contributed by atoms with van der Waals surface area (Å²) in [6.07, 6.45) is 0. The summed E-state index contributed by atoms with van der Waals surface area (Å²) >= 11 is 0. The zero-order valence-corrected chi connectivity index (χ0v) is 14.8. The Balaban J connectivity index is 1.77. The molecule has 28 heavy (non-hydrogen) atoms. The number of amides is 1. The summed E-state index contributed by atoms with van der Waals surface area (Å²) in [6, 6.07) is 27.5. The summed E-state index contributed by atoms with van der Waals surface area (Å²) in [5.41, 5.74) is 3.05. The molecule has 0 atom stereocenters. The van der Waals surface area contributed by atoms with Crippen molar-refractivity contribution in [2.45, 2.75) is 0 Å². The molecule has 0 aliphatic carbocycles. The molecule has 4 rings (SSSR count). The highest BCUT2D eigenvalue weighted by atomic mass is 16.1. The molecule has 6 heteroatoms. The molecule has 1 heterocycles. The van der Waals surface area contributed by atoms with Crippen molar-refractivity contribution in [3.8, 4) is 23.0 Å².